The number of hydrogen-bond acceptors (Lipinski definition) is 7. The van der Waals surface area contributed by atoms with E-state index in [2.05, 4.69) is 15.3 Å². The zero-order valence-electron chi connectivity index (χ0n) is 10.8. The fraction of sp³-hybridized carbons (Fsp3) is 0.250. The molecule has 1 N–H and O–H groups in total. The van der Waals surface area contributed by atoms with Crippen LogP contribution in [0.1, 0.15) is 29.4 Å². The highest BCUT2D eigenvalue weighted by molar-refractivity contribution is 7.09. The molecule has 102 valence electrons. The minimum Gasteiger partial charge on any atom is -0.361 e. The van der Waals surface area contributed by atoms with Crippen LogP contribution in [-0.4, -0.2) is 14.9 Å². The number of thiazole rings is 1. The molecule has 2 aromatic heterocycles. The van der Waals surface area contributed by atoms with E-state index < -0.39 is 4.92 Å². The summed E-state index contributed by atoms with van der Waals surface area (Å²) in [5, 5.41) is 25.5. The Labute approximate surface area is 119 Å². The molecular weight excluding hydrogens is 278 g/mol. The first-order valence-corrected chi connectivity index (χ1v) is 6.63. The fourth-order valence-corrected chi connectivity index (χ4v) is 2.42. The summed E-state index contributed by atoms with van der Waals surface area (Å²) < 4.78 is 0. The summed E-state index contributed by atoms with van der Waals surface area (Å²) in [4.78, 5) is 18.4. The number of aryl methyl sites for hydroxylation is 1. The molecule has 20 heavy (non-hydrogen) atoms. The SMILES string of the molecule is Cc1csc(C(C)Nc2ccc([N+](=O)[O-])c(C#N)n2)n1. The van der Waals surface area contributed by atoms with Crippen LogP contribution in [0.5, 0.6) is 0 Å². The molecule has 0 aliphatic heterocycles. The van der Waals surface area contributed by atoms with Gasteiger partial charge in [-0.25, -0.2) is 9.97 Å². The lowest BCUT2D eigenvalue weighted by molar-refractivity contribution is -0.385. The Morgan fingerprint density at radius 1 is 1.50 bits per heavy atom. The number of pyridine rings is 1. The molecular formula is C12H11N5O2S. The average Bonchev–Trinajstić information content (AvgIpc) is 2.85. The number of rotatable bonds is 4. The molecule has 0 bridgehead atoms. The van der Waals surface area contributed by atoms with Crippen molar-refractivity contribution in [2.24, 2.45) is 0 Å². The second-order valence-electron chi connectivity index (χ2n) is 4.13. The van der Waals surface area contributed by atoms with Crippen LogP contribution in [0.3, 0.4) is 0 Å². The summed E-state index contributed by atoms with van der Waals surface area (Å²) in [6, 6.07) is 4.39. The summed E-state index contributed by atoms with van der Waals surface area (Å²) in [5.74, 6) is 0.410. The van der Waals surface area contributed by atoms with Crippen LogP contribution in [0.4, 0.5) is 11.5 Å². The van der Waals surface area contributed by atoms with E-state index in [1.54, 1.807) is 6.07 Å². The summed E-state index contributed by atoms with van der Waals surface area (Å²) in [5.41, 5.74) is 0.436. The number of nitrogens with one attached hydrogen (secondary N) is 1. The molecule has 1 atom stereocenters. The lowest BCUT2D eigenvalue weighted by Gasteiger charge is -2.11. The number of hydrogen-bond donors (Lipinski definition) is 1. The molecule has 0 amide bonds. The van der Waals surface area contributed by atoms with E-state index in [0.29, 0.717) is 5.82 Å². The van der Waals surface area contributed by atoms with E-state index in [4.69, 9.17) is 5.26 Å². The van der Waals surface area contributed by atoms with Gasteiger partial charge in [-0.2, -0.15) is 5.26 Å². The Balaban J connectivity index is 2.22. The van der Waals surface area contributed by atoms with Gasteiger partial charge in [0.2, 0.25) is 5.69 Å². The van der Waals surface area contributed by atoms with Gasteiger partial charge >= 0.3 is 5.69 Å². The molecule has 8 heteroatoms. The quantitative estimate of drug-likeness (QED) is 0.685. The second kappa shape index (κ2) is 5.63. The third-order valence-corrected chi connectivity index (χ3v) is 3.69. The van der Waals surface area contributed by atoms with Crippen molar-refractivity contribution in [2.75, 3.05) is 5.32 Å². The number of anilines is 1. The second-order valence-corrected chi connectivity index (χ2v) is 5.02. The van der Waals surface area contributed by atoms with Gasteiger partial charge in [0.25, 0.3) is 0 Å². The molecule has 0 aromatic carbocycles. The average molecular weight is 289 g/mol. The van der Waals surface area contributed by atoms with Crippen LogP contribution in [0.15, 0.2) is 17.5 Å². The van der Waals surface area contributed by atoms with E-state index in [0.717, 1.165) is 10.7 Å². The molecule has 0 saturated heterocycles. The topological polar surface area (TPSA) is 105 Å². The standard InChI is InChI=1S/C12H11N5O2S/c1-7-6-20-12(14-7)8(2)15-11-4-3-10(17(18)19)9(5-13)16-11/h3-4,6,8H,1-2H3,(H,15,16). The van der Waals surface area contributed by atoms with Crippen LogP contribution in [0.2, 0.25) is 0 Å². The largest absolute Gasteiger partial charge is 0.361 e. The molecule has 2 heterocycles. The minimum absolute atomic E-state index is 0.0887. The number of nitrogens with zero attached hydrogens (tertiary/aromatic N) is 4. The monoisotopic (exact) mass is 289 g/mol. The Morgan fingerprint density at radius 2 is 2.25 bits per heavy atom. The van der Waals surface area contributed by atoms with Crippen molar-refractivity contribution in [3.63, 3.8) is 0 Å². The van der Waals surface area contributed by atoms with Crippen LogP contribution in [0, 0.1) is 28.4 Å². The number of nitriles is 1. The van der Waals surface area contributed by atoms with Crippen molar-refractivity contribution in [3.8, 4) is 6.07 Å². The Bertz CT molecular complexity index is 691. The maximum Gasteiger partial charge on any atom is 0.305 e. The van der Waals surface area contributed by atoms with Crippen molar-refractivity contribution in [1.29, 1.82) is 5.26 Å². The Hall–Kier alpha value is -2.53. The van der Waals surface area contributed by atoms with Gasteiger partial charge in [0.05, 0.1) is 11.0 Å². The Kier molecular flexibility index (Phi) is 3.91. The van der Waals surface area contributed by atoms with E-state index in [1.165, 1.54) is 23.5 Å². The van der Waals surface area contributed by atoms with E-state index >= 15 is 0 Å². The molecule has 7 nitrogen and oxygen atoms in total. The van der Waals surface area contributed by atoms with Gasteiger partial charge in [-0.15, -0.1) is 11.3 Å². The van der Waals surface area contributed by atoms with Gasteiger partial charge in [0.15, 0.2) is 0 Å². The third kappa shape index (κ3) is 2.89. The summed E-state index contributed by atoms with van der Waals surface area (Å²) in [6.45, 7) is 3.82. The zero-order valence-corrected chi connectivity index (χ0v) is 11.6. The van der Waals surface area contributed by atoms with Gasteiger partial charge in [0.1, 0.15) is 16.9 Å². The lowest BCUT2D eigenvalue weighted by atomic mass is 10.3. The molecule has 0 spiro atoms. The molecule has 1 unspecified atom stereocenters. The highest BCUT2D eigenvalue weighted by Crippen LogP contribution is 2.23. The zero-order chi connectivity index (χ0) is 14.7. The van der Waals surface area contributed by atoms with Gasteiger partial charge in [0, 0.05) is 17.1 Å². The number of nitro groups is 1. The molecule has 0 aliphatic carbocycles. The van der Waals surface area contributed by atoms with Crippen molar-refractivity contribution in [1.82, 2.24) is 9.97 Å². The molecule has 0 radical (unpaired) electrons. The molecule has 2 aromatic rings. The van der Waals surface area contributed by atoms with Crippen molar-refractivity contribution in [3.05, 3.63) is 44.0 Å². The lowest BCUT2D eigenvalue weighted by Crippen LogP contribution is -2.08. The van der Waals surface area contributed by atoms with Crippen molar-refractivity contribution >= 4 is 22.8 Å². The smallest absolute Gasteiger partial charge is 0.305 e. The predicted molar refractivity (Wildman–Crippen MR) is 74.5 cm³/mol. The molecule has 0 fully saturated rings. The van der Waals surface area contributed by atoms with Crippen molar-refractivity contribution < 1.29 is 4.92 Å². The summed E-state index contributed by atoms with van der Waals surface area (Å²) in [7, 11) is 0. The Morgan fingerprint density at radius 3 is 2.80 bits per heavy atom. The molecule has 0 saturated carbocycles. The summed E-state index contributed by atoms with van der Waals surface area (Å²) >= 11 is 1.52. The highest BCUT2D eigenvalue weighted by Gasteiger charge is 2.17. The van der Waals surface area contributed by atoms with Crippen molar-refractivity contribution in [2.45, 2.75) is 19.9 Å². The van der Waals surface area contributed by atoms with Gasteiger partial charge in [-0.1, -0.05) is 0 Å². The first-order valence-electron chi connectivity index (χ1n) is 5.75. The minimum atomic E-state index is -0.622. The molecule has 2 rings (SSSR count). The molecule has 0 aliphatic rings. The van der Waals surface area contributed by atoms with Crippen LogP contribution < -0.4 is 5.32 Å². The fourth-order valence-electron chi connectivity index (χ4n) is 1.62. The maximum absolute atomic E-state index is 10.7. The predicted octanol–water partition coefficient (Wildman–Crippen LogP) is 2.80. The van der Waals surface area contributed by atoms with Gasteiger partial charge < -0.3 is 5.32 Å². The first kappa shape index (κ1) is 13.9. The normalized spacial score (nSPS) is 11.7. The van der Waals surface area contributed by atoms with E-state index in [-0.39, 0.29) is 17.4 Å². The maximum atomic E-state index is 10.7. The number of aromatic nitrogens is 2. The van der Waals surface area contributed by atoms with Crippen LogP contribution in [0.25, 0.3) is 0 Å². The van der Waals surface area contributed by atoms with E-state index in [9.17, 15) is 10.1 Å². The van der Waals surface area contributed by atoms with Crippen LogP contribution in [-0.2, 0) is 0 Å². The van der Waals surface area contributed by atoms with Crippen LogP contribution >= 0.6 is 11.3 Å². The third-order valence-electron chi connectivity index (χ3n) is 2.55. The highest BCUT2D eigenvalue weighted by atomic mass is 32.1. The van der Waals surface area contributed by atoms with E-state index in [1.807, 2.05) is 19.2 Å². The summed E-state index contributed by atoms with van der Waals surface area (Å²) in [6.07, 6.45) is 0. The van der Waals surface area contributed by atoms with Gasteiger partial charge in [-0.3, -0.25) is 10.1 Å². The van der Waals surface area contributed by atoms with Gasteiger partial charge in [-0.05, 0) is 19.9 Å². The first-order chi connectivity index (χ1) is 9.51.